The zero-order chi connectivity index (χ0) is 25.4. The van der Waals surface area contributed by atoms with Crippen LogP contribution in [0.3, 0.4) is 0 Å². The summed E-state index contributed by atoms with van der Waals surface area (Å²) in [7, 11) is 1.41. The molecule has 1 amide bonds. The van der Waals surface area contributed by atoms with Crippen LogP contribution in [0.2, 0.25) is 0 Å². The Morgan fingerprint density at radius 1 is 1.03 bits per heavy atom. The smallest absolute Gasteiger partial charge is 0.343 e. The summed E-state index contributed by atoms with van der Waals surface area (Å²) in [5.74, 6) is -0.0843. The third kappa shape index (κ3) is 6.64. The van der Waals surface area contributed by atoms with Gasteiger partial charge in [-0.1, -0.05) is 12.1 Å². The number of carbonyl (C=O) groups is 2. The van der Waals surface area contributed by atoms with E-state index in [1.807, 2.05) is 26.0 Å². The van der Waals surface area contributed by atoms with Crippen molar-refractivity contribution in [3.63, 3.8) is 0 Å². The number of ether oxygens (including phenoxy) is 3. The van der Waals surface area contributed by atoms with Gasteiger partial charge in [-0.15, -0.1) is 0 Å². The van der Waals surface area contributed by atoms with Crippen molar-refractivity contribution < 1.29 is 28.7 Å². The number of amides is 1. The number of hydrogen-bond acceptors (Lipinski definition) is 8. The number of non-ortho nitro benzene ring substituents is 1. The van der Waals surface area contributed by atoms with Crippen molar-refractivity contribution in [1.82, 2.24) is 5.43 Å². The number of methoxy groups -OCH3 is 1. The largest absolute Gasteiger partial charge is 0.493 e. The molecule has 3 aromatic carbocycles. The SMILES string of the molecule is COc1cc(C=NNC(=O)COc2cccc(C)c2C)ccc1OC(=O)c1ccc([N+](=O)[O-])cc1. The van der Waals surface area contributed by atoms with Crippen LogP contribution in [0.25, 0.3) is 0 Å². The summed E-state index contributed by atoms with van der Waals surface area (Å²) in [6.45, 7) is 3.69. The molecular formula is C25H23N3O7. The zero-order valence-electron chi connectivity index (χ0n) is 19.3. The lowest BCUT2D eigenvalue weighted by atomic mass is 10.1. The summed E-state index contributed by atoms with van der Waals surface area (Å²) >= 11 is 0. The van der Waals surface area contributed by atoms with E-state index in [1.54, 1.807) is 18.2 Å². The van der Waals surface area contributed by atoms with Gasteiger partial charge in [-0.3, -0.25) is 14.9 Å². The van der Waals surface area contributed by atoms with Gasteiger partial charge in [0.15, 0.2) is 18.1 Å². The van der Waals surface area contributed by atoms with E-state index < -0.39 is 16.8 Å². The summed E-state index contributed by atoms with van der Waals surface area (Å²) in [6.07, 6.45) is 1.40. The van der Waals surface area contributed by atoms with Crippen LogP contribution in [-0.4, -0.2) is 36.7 Å². The maximum atomic E-state index is 12.4. The molecule has 0 spiro atoms. The third-order valence-electron chi connectivity index (χ3n) is 5.02. The summed E-state index contributed by atoms with van der Waals surface area (Å²) in [5, 5.41) is 14.7. The molecule has 35 heavy (non-hydrogen) atoms. The van der Waals surface area contributed by atoms with Crippen molar-refractivity contribution in [3.05, 3.63) is 93.0 Å². The maximum Gasteiger partial charge on any atom is 0.343 e. The summed E-state index contributed by atoms with van der Waals surface area (Å²) in [4.78, 5) is 34.6. The first-order valence-corrected chi connectivity index (χ1v) is 10.4. The van der Waals surface area contributed by atoms with Crippen LogP contribution in [0.1, 0.15) is 27.0 Å². The minimum absolute atomic E-state index is 0.133. The molecule has 1 N–H and O–H groups in total. The summed E-state index contributed by atoms with van der Waals surface area (Å²) in [5.41, 5.74) is 5.01. The fourth-order valence-corrected chi connectivity index (χ4v) is 2.96. The highest BCUT2D eigenvalue weighted by molar-refractivity contribution is 5.92. The van der Waals surface area contributed by atoms with Gasteiger partial charge in [-0.05, 0) is 66.9 Å². The number of nitro groups is 1. The van der Waals surface area contributed by atoms with Crippen LogP contribution in [0, 0.1) is 24.0 Å². The quantitative estimate of drug-likeness (QED) is 0.162. The Balaban J connectivity index is 1.58. The first kappa shape index (κ1) is 24.9. The molecule has 0 saturated heterocycles. The monoisotopic (exact) mass is 477 g/mol. The Kier molecular flexibility index (Phi) is 8.12. The standard InChI is InChI=1S/C25H23N3O7/c1-16-5-4-6-21(17(16)2)34-15-24(29)27-26-14-18-7-12-22(23(13-18)33-3)35-25(30)19-8-10-20(11-9-19)28(31)32/h4-14H,15H2,1-3H3,(H,27,29). The highest BCUT2D eigenvalue weighted by atomic mass is 16.6. The molecule has 0 unspecified atom stereocenters. The summed E-state index contributed by atoms with van der Waals surface area (Å²) < 4.78 is 16.2. The van der Waals surface area contributed by atoms with E-state index in [0.29, 0.717) is 11.3 Å². The van der Waals surface area contributed by atoms with E-state index >= 15 is 0 Å². The van der Waals surface area contributed by atoms with Gasteiger partial charge in [-0.25, -0.2) is 10.2 Å². The number of hydrogen-bond donors (Lipinski definition) is 1. The number of nitrogens with one attached hydrogen (secondary N) is 1. The second-order valence-corrected chi connectivity index (χ2v) is 7.38. The first-order chi connectivity index (χ1) is 16.8. The molecule has 0 aliphatic carbocycles. The Morgan fingerprint density at radius 2 is 1.77 bits per heavy atom. The number of rotatable bonds is 9. The van der Waals surface area contributed by atoms with Crippen molar-refractivity contribution in [2.75, 3.05) is 13.7 Å². The van der Waals surface area contributed by atoms with Gasteiger partial charge in [0, 0.05) is 12.1 Å². The minimum atomic E-state index is -0.698. The van der Waals surface area contributed by atoms with Crippen LogP contribution in [0.5, 0.6) is 17.2 Å². The predicted octanol–water partition coefficient (Wildman–Crippen LogP) is 3.97. The van der Waals surface area contributed by atoms with E-state index in [1.165, 1.54) is 43.7 Å². The van der Waals surface area contributed by atoms with Crippen molar-refractivity contribution in [3.8, 4) is 17.2 Å². The van der Waals surface area contributed by atoms with Gasteiger partial charge in [0.2, 0.25) is 0 Å². The zero-order valence-corrected chi connectivity index (χ0v) is 19.3. The van der Waals surface area contributed by atoms with Gasteiger partial charge in [0.1, 0.15) is 5.75 Å². The highest BCUT2D eigenvalue weighted by Crippen LogP contribution is 2.28. The van der Waals surface area contributed by atoms with Crippen LogP contribution in [-0.2, 0) is 4.79 Å². The highest BCUT2D eigenvalue weighted by Gasteiger charge is 2.14. The Hall–Kier alpha value is -4.73. The Morgan fingerprint density at radius 3 is 2.46 bits per heavy atom. The Labute approximate surface area is 201 Å². The number of carbonyl (C=O) groups excluding carboxylic acids is 2. The van der Waals surface area contributed by atoms with Crippen LogP contribution >= 0.6 is 0 Å². The fraction of sp³-hybridized carbons (Fsp3) is 0.160. The van der Waals surface area contributed by atoms with Crippen molar-refractivity contribution in [2.45, 2.75) is 13.8 Å². The molecule has 180 valence electrons. The number of esters is 1. The molecule has 0 radical (unpaired) electrons. The number of hydrazone groups is 1. The van der Waals surface area contributed by atoms with Crippen molar-refractivity contribution in [1.29, 1.82) is 0 Å². The number of benzene rings is 3. The van der Waals surface area contributed by atoms with E-state index in [2.05, 4.69) is 10.5 Å². The maximum absolute atomic E-state index is 12.4. The number of nitro benzene ring substituents is 1. The van der Waals surface area contributed by atoms with E-state index in [9.17, 15) is 19.7 Å². The molecule has 10 heteroatoms. The molecule has 0 fully saturated rings. The fourth-order valence-electron chi connectivity index (χ4n) is 2.96. The average molecular weight is 477 g/mol. The predicted molar refractivity (Wildman–Crippen MR) is 128 cm³/mol. The molecule has 3 rings (SSSR count). The number of aryl methyl sites for hydroxylation is 1. The van der Waals surface area contributed by atoms with Crippen LogP contribution in [0.15, 0.2) is 65.8 Å². The van der Waals surface area contributed by atoms with E-state index in [4.69, 9.17) is 14.2 Å². The second-order valence-electron chi connectivity index (χ2n) is 7.38. The van der Waals surface area contributed by atoms with Gasteiger partial charge >= 0.3 is 5.97 Å². The van der Waals surface area contributed by atoms with E-state index in [-0.39, 0.29) is 29.4 Å². The van der Waals surface area contributed by atoms with Gasteiger partial charge in [0.05, 0.1) is 23.8 Å². The molecule has 3 aromatic rings. The minimum Gasteiger partial charge on any atom is -0.493 e. The van der Waals surface area contributed by atoms with Crippen LogP contribution < -0.4 is 19.6 Å². The molecule has 0 saturated carbocycles. The molecular weight excluding hydrogens is 454 g/mol. The lowest BCUT2D eigenvalue weighted by Crippen LogP contribution is -2.24. The third-order valence-corrected chi connectivity index (χ3v) is 5.02. The molecule has 0 aliphatic rings. The van der Waals surface area contributed by atoms with Gasteiger partial charge < -0.3 is 14.2 Å². The lowest BCUT2D eigenvalue weighted by molar-refractivity contribution is -0.384. The van der Waals surface area contributed by atoms with Crippen LogP contribution in [0.4, 0.5) is 5.69 Å². The number of nitrogens with zero attached hydrogens (tertiary/aromatic N) is 2. The average Bonchev–Trinajstić information content (AvgIpc) is 2.85. The molecule has 0 aliphatic heterocycles. The topological polar surface area (TPSA) is 129 Å². The van der Waals surface area contributed by atoms with E-state index in [0.717, 1.165) is 11.1 Å². The van der Waals surface area contributed by atoms with Crippen molar-refractivity contribution >= 4 is 23.8 Å². The molecule has 0 aromatic heterocycles. The summed E-state index contributed by atoms with van der Waals surface area (Å²) in [6, 6.07) is 15.3. The molecule has 0 heterocycles. The van der Waals surface area contributed by atoms with Gasteiger partial charge in [0.25, 0.3) is 11.6 Å². The Bertz CT molecular complexity index is 1270. The first-order valence-electron chi connectivity index (χ1n) is 10.4. The molecule has 0 bridgehead atoms. The second kappa shape index (κ2) is 11.4. The normalized spacial score (nSPS) is 10.6. The molecule has 10 nitrogen and oxygen atoms in total. The lowest BCUT2D eigenvalue weighted by Gasteiger charge is -2.10. The van der Waals surface area contributed by atoms with Gasteiger partial charge in [-0.2, -0.15) is 5.10 Å². The van der Waals surface area contributed by atoms with Crippen molar-refractivity contribution in [2.24, 2.45) is 5.10 Å². The molecule has 0 atom stereocenters.